The van der Waals surface area contributed by atoms with Crippen molar-refractivity contribution in [3.63, 3.8) is 0 Å². The Balaban J connectivity index is 0.00000225. The number of aromatic nitrogens is 1. The minimum Gasteiger partial charge on any atom is -0.342 e. The van der Waals surface area contributed by atoms with E-state index >= 15 is 0 Å². The van der Waals surface area contributed by atoms with Gasteiger partial charge in [-0.05, 0) is 49.7 Å². The molecule has 2 aromatic carbocycles. The van der Waals surface area contributed by atoms with Crippen molar-refractivity contribution >= 4 is 22.2 Å². The molecule has 3 aromatic rings. The first-order chi connectivity index (χ1) is 13.0. The second kappa shape index (κ2) is 8.07. The number of rotatable bonds is 4. The largest absolute Gasteiger partial charge is 0.342 e. The van der Waals surface area contributed by atoms with Gasteiger partial charge < -0.3 is 9.88 Å². The highest BCUT2D eigenvalue weighted by Gasteiger charge is 2.29. The first-order valence-electron chi connectivity index (χ1n) is 8.98. The van der Waals surface area contributed by atoms with Crippen LogP contribution in [-0.4, -0.2) is 20.0 Å². The summed E-state index contributed by atoms with van der Waals surface area (Å²) in [6, 6.07) is 14.9. The van der Waals surface area contributed by atoms with E-state index in [9.17, 15) is 12.8 Å². The Morgan fingerprint density at radius 1 is 1.11 bits per heavy atom. The molecule has 7 heteroatoms. The fourth-order valence-electron chi connectivity index (χ4n) is 3.80. The lowest BCUT2D eigenvalue weighted by atomic mass is 10.0. The zero-order valence-corrected chi connectivity index (χ0v) is 17.1. The van der Waals surface area contributed by atoms with Crippen LogP contribution in [0, 0.1) is 5.82 Å². The van der Waals surface area contributed by atoms with Gasteiger partial charge in [0.25, 0.3) is 0 Å². The molecule has 0 fully saturated rings. The fraction of sp³-hybridized carbons (Fsp3) is 0.238. The van der Waals surface area contributed by atoms with Crippen molar-refractivity contribution in [1.82, 2.24) is 9.88 Å². The lowest BCUT2D eigenvalue weighted by Crippen LogP contribution is -2.11. The standard InChI is InChI=1S/C21H21FN2O2S.ClH/c1-23-14-17-13-20(27(25,26)18-9-4-8-16(22)12-18)21-19-10-3-2-6-15(19)7-5-11-24(17)21;/h2-4,6,8-10,12-13,23H,5,7,11,14H2,1H3;1H. The third-order valence-electron chi connectivity index (χ3n) is 5.00. The Labute approximate surface area is 170 Å². The summed E-state index contributed by atoms with van der Waals surface area (Å²) in [4.78, 5) is 0.223. The summed E-state index contributed by atoms with van der Waals surface area (Å²) in [6.07, 6.45) is 1.84. The van der Waals surface area contributed by atoms with Crippen LogP contribution in [0.5, 0.6) is 0 Å². The summed E-state index contributed by atoms with van der Waals surface area (Å²) < 4.78 is 42.6. The Bertz CT molecular complexity index is 1110. The number of benzene rings is 2. The van der Waals surface area contributed by atoms with E-state index < -0.39 is 15.7 Å². The van der Waals surface area contributed by atoms with Gasteiger partial charge in [-0.3, -0.25) is 0 Å². The number of nitrogens with one attached hydrogen (secondary N) is 1. The minimum atomic E-state index is -3.85. The van der Waals surface area contributed by atoms with Crippen molar-refractivity contribution < 1.29 is 12.8 Å². The van der Waals surface area contributed by atoms with Crippen LogP contribution in [0.25, 0.3) is 11.3 Å². The number of fused-ring (bicyclic) bond motifs is 3. The number of hydrogen-bond donors (Lipinski definition) is 1. The third-order valence-corrected chi connectivity index (χ3v) is 6.77. The van der Waals surface area contributed by atoms with E-state index in [4.69, 9.17) is 0 Å². The predicted octanol–water partition coefficient (Wildman–Crippen LogP) is 4.21. The smallest absolute Gasteiger partial charge is 0.208 e. The van der Waals surface area contributed by atoms with Crippen molar-refractivity contribution in [2.45, 2.75) is 35.7 Å². The first-order valence-corrected chi connectivity index (χ1v) is 10.5. The molecule has 1 N–H and O–H groups in total. The van der Waals surface area contributed by atoms with Gasteiger partial charge in [0.2, 0.25) is 9.84 Å². The minimum absolute atomic E-state index is 0. The van der Waals surface area contributed by atoms with Crippen LogP contribution in [-0.2, 0) is 29.3 Å². The molecule has 0 spiro atoms. The van der Waals surface area contributed by atoms with Gasteiger partial charge in [-0.2, -0.15) is 0 Å². The second-order valence-corrected chi connectivity index (χ2v) is 8.67. The molecule has 0 saturated carbocycles. The molecule has 0 unspecified atom stereocenters. The number of aryl methyl sites for hydroxylation is 1. The molecule has 0 amide bonds. The van der Waals surface area contributed by atoms with E-state index in [1.807, 2.05) is 31.3 Å². The quantitative estimate of drug-likeness (QED) is 0.687. The molecule has 2 heterocycles. The van der Waals surface area contributed by atoms with E-state index in [-0.39, 0.29) is 22.2 Å². The van der Waals surface area contributed by atoms with Gasteiger partial charge in [-0.15, -0.1) is 12.4 Å². The van der Waals surface area contributed by atoms with E-state index in [1.165, 1.54) is 18.2 Å². The average molecular weight is 421 g/mol. The van der Waals surface area contributed by atoms with Gasteiger partial charge in [-0.1, -0.05) is 30.3 Å². The van der Waals surface area contributed by atoms with Crippen molar-refractivity contribution in [3.05, 3.63) is 71.7 Å². The van der Waals surface area contributed by atoms with Gasteiger partial charge in [-0.25, -0.2) is 12.8 Å². The molecule has 1 aromatic heterocycles. The van der Waals surface area contributed by atoms with E-state index in [0.29, 0.717) is 12.2 Å². The van der Waals surface area contributed by atoms with Crippen molar-refractivity contribution in [2.24, 2.45) is 0 Å². The monoisotopic (exact) mass is 420 g/mol. The molecule has 0 radical (unpaired) electrons. The molecular weight excluding hydrogens is 399 g/mol. The number of nitrogens with zero attached hydrogens (tertiary/aromatic N) is 1. The summed E-state index contributed by atoms with van der Waals surface area (Å²) in [6.45, 7) is 1.31. The normalized spacial score (nSPS) is 13.2. The van der Waals surface area contributed by atoms with E-state index in [1.54, 1.807) is 6.07 Å². The number of sulfone groups is 1. The number of hydrogen-bond acceptors (Lipinski definition) is 3. The van der Waals surface area contributed by atoms with Crippen LogP contribution in [0.15, 0.2) is 64.4 Å². The summed E-state index contributed by atoms with van der Waals surface area (Å²) in [5.74, 6) is -0.558. The summed E-state index contributed by atoms with van der Waals surface area (Å²) >= 11 is 0. The van der Waals surface area contributed by atoms with Gasteiger partial charge in [0.1, 0.15) is 5.82 Å². The van der Waals surface area contributed by atoms with Crippen molar-refractivity contribution in [3.8, 4) is 11.3 Å². The van der Waals surface area contributed by atoms with Crippen LogP contribution < -0.4 is 5.32 Å². The predicted molar refractivity (Wildman–Crippen MR) is 110 cm³/mol. The van der Waals surface area contributed by atoms with Crippen LogP contribution >= 0.6 is 12.4 Å². The maximum atomic E-state index is 13.7. The molecule has 0 atom stereocenters. The van der Waals surface area contributed by atoms with Crippen LogP contribution in [0.4, 0.5) is 4.39 Å². The van der Waals surface area contributed by atoms with Gasteiger partial charge in [0, 0.05) is 24.3 Å². The third kappa shape index (κ3) is 3.48. The second-order valence-electron chi connectivity index (χ2n) is 6.75. The number of halogens is 2. The first kappa shape index (κ1) is 20.6. The molecule has 4 nitrogen and oxygen atoms in total. The topological polar surface area (TPSA) is 51.1 Å². The molecular formula is C21H22ClFN2O2S. The molecule has 148 valence electrons. The lowest BCUT2D eigenvalue weighted by molar-refractivity contribution is 0.590. The van der Waals surface area contributed by atoms with Crippen LogP contribution in [0.3, 0.4) is 0 Å². The zero-order chi connectivity index (χ0) is 19.0. The molecule has 0 saturated heterocycles. The Morgan fingerprint density at radius 3 is 2.64 bits per heavy atom. The maximum absolute atomic E-state index is 13.7. The average Bonchev–Trinajstić information content (AvgIpc) is 2.90. The molecule has 1 aliphatic heterocycles. The highest BCUT2D eigenvalue weighted by Crippen LogP contribution is 2.38. The highest BCUT2D eigenvalue weighted by molar-refractivity contribution is 7.91. The van der Waals surface area contributed by atoms with Gasteiger partial charge >= 0.3 is 0 Å². The van der Waals surface area contributed by atoms with Gasteiger partial charge in [0.15, 0.2) is 0 Å². The highest BCUT2D eigenvalue weighted by atomic mass is 35.5. The summed E-state index contributed by atoms with van der Waals surface area (Å²) in [5.41, 5.74) is 3.70. The van der Waals surface area contributed by atoms with E-state index in [0.717, 1.165) is 42.3 Å². The Hall–Kier alpha value is -2.15. The Morgan fingerprint density at radius 2 is 1.89 bits per heavy atom. The van der Waals surface area contributed by atoms with Crippen molar-refractivity contribution in [1.29, 1.82) is 0 Å². The molecule has 4 rings (SSSR count). The fourth-order valence-corrected chi connectivity index (χ4v) is 5.34. The Kier molecular flexibility index (Phi) is 5.93. The van der Waals surface area contributed by atoms with Gasteiger partial charge in [0.05, 0.1) is 15.5 Å². The molecule has 1 aliphatic rings. The van der Waals surface area contributed by atoms with Crippen LogP contribution in [0.1, 0.15) is 17.7 Å². The maximum Gasteiger partial charge on any atom is 0.208 e. The zero-order valence-electron chi connectivity index (χ0n) is 15.5. The lowest BCUT2D eigenvalue weighted by Gasteiger charge is -2.13. The molecule has 0 bridgehead atoms. The van der Waals surface area contributed by atoms with E-state index in [2.05, 4.69) is 9.88 Å². The van der Waals surface area contributed by atoms with Crippen molar-refractivity contribution in [2.75, 3.05) is 7.05 Å². The molecule has 28 heavy (non-hydrogen) atoms. The SMILES string of the molecule is CNCc1cc(S(=O)(=O)c2cccc(F)c2)c2n1CCCc1ccccc1-2.Cl. The summed E-state index contributed by atoms with van der Waals surface area (Å²) in [5, 5.41) is 3.12. The molecule has 0 aliphatic carbocycles. The summed E-state index contributed by atoms with van der Waals surface area (Å²) in [7, 11) is -2.01. The van der Waals surface area contributed by atoms with Crippen LogP contribution in [0.2, 0.25) is 0 Å².